The van der Waals surface area contributed by atoms with Crippen LogP contribution in [0.25, 0.3) is 0 Å². The van der Waals surface area contributed by atoms with Crippen LogP contribution < -0.4 is 10.1 Å². The molecule has 0 aromatic heterocycles. The standard InChI is InChI=1S/C15H12F3NO2/c1-10-5-7-12(8-6-10)19-14(20)21-13-4-2-3-11(9-13)15(16,17)18/h2-9H,1H3,(H,19,20). The van der Waals surface area contributed by atoms with Crippen LogP contribution in [-0.2, 0) is 6.18 Å². The molecule has 3 nitrogen and oxygen atoms in total. The summed E-state index contributed by atoms with van der Waals surface area (Å²) in [6.07, 6.45) is -5.33. The summed E-state index contributed by atoms with van der Waals surface area (Å²) < 4.78 is 42.4. The van der Waals surface area contributed by atoms with E-state index in [1.54, 1.807) is 24.3 Å². The molecule has 2 rings (SSSR count). The molecule has 21 heavy (non-hydrogen) atoms. The second-order valence-corrected chi connectivity index (χ2v) is 4.41. The minimum absolute atomic E-state index is 0.172. The molecule has 0 aliphatic carbocycles. The number of aryl methyl sites for hydroxylation is 1. The number of rotatable bonds is 2. The summed E-state index contributed by atoms with van der Waals surface area (Å²) in [5.74, 6) is -0.172. The Morgan fingerprint density at radius 2 is 1.76 bits per heavy atom. The molecule has 0 aliphatic heterocycles. The lowest BCUT2D eigenvalue weighted by Gasteiger charge is -2.10. The van der Waals surface area contributed by atoms with Gasteiger partial charge in [-0.1, -0.05) is 23.8 Å². The van der Waals surface area contributed by atoms with Crippen LogP contribution in [0.2, 0.25) is 0 Å². The minimum Gasteiger partial charge on any atom is -0.410 e. The SMILES string of the molecule is Cc1ccc(NC(=O)Oc2cccc(C(F)(F)F)c2)cc1. The summed E-state index contributed by atoms with van der Waals surface area (Å²) in [6, 6.07) is 11.1. The van der Waals surface area contributed by atoms with Gasteiger partial charge in [0.25, 0.3) is 0 Å². The first-order valence-corrected chi connectivity index (χ1v) is 6.07. The second kappa shape index (κ2) is 5.87. The van der Waals surface area contributed by atoms with Gasteiger partial charge in [0, 0.05) is 5.69 Å². The van der Waals surface area contributed by atoms with Gasteiger partial charge in [0.15, 0.2) is 0 Å². The van der Waals surface area contributed by atoms with Crippen molar-refractivity contribution in [2.45, 2.75) is 13.1 Å². The zero-order valence-electron chi connectivity index (χ0n) is 11.1. The van der Waals surface area contributed by atoms with Crippen molar-refractivity contribution in [3.05, 3.63) is 59.7 Å². The molecule has 0 fully saturated rings. The zero-order chi connectivity index (χ0) is 15.5. The Balaban J connectivity index is 2.04. The van der Waals surface area contributed by atoms with E-state index in [9.17, 15) is 18.0 Å². The van der Waals surface area contributed by atoms with Crippen LogP contribution in [-0.4, -0.2) is 6.09 Å². The predicted molar refractivity (Wildman–Crippen MR) is 72.3 cm³/mol. The molecular formula is C15H12F3NO2. The number of nitrogens with one attached hydrogen (secondary N) is 1. The highest BCUT2D eigenvalue weighted by Crippen LogP contribution is 2.31. The maximum atomic E-state index is 12.5. The van der Waals surface area contributed by atoms with Crippen molar-refractivity contribution >= 4 is 11.8 Å². The quantitative estimate of drug-likeness (QED) is 0.877. The molecule has 0 saturated heterocycles. The van der Waals surface area contributed by atoms with Gasteiger partial charge in [0.1, 0.15) is 5.75 Å². The van der Waals surface area contributed by atoms with E-state index in [2.05, 4.69) is 5.32 Å². The molecule has 0 unspecified atom stereocenters. The lowest BCUT2D eigenvalue weighted by atomic mass is 10.2. The van der Waals surface area contributed by atoms with Gasteiger partial charge in [0.2, 0.25) is 0 Å². The third-order valence-electron chi connectivity index (χ3n) is 2.67. The number of carbonyl (C=O) groups excluding carboxylic acids is 1. The molecule has 0 spiro atoms. The van der Waals surface area contributed by atoms with E-state index in [4.69, 9.17) is 4.74 Å². The number of alkyl halides is 3. The number of carbonyl (C=O) groups is 1. The Bertz CT molecular complexity index is 636. The maximum absolute atomic E-state index is 12.5. The number of hydrogen-bond donors (Lipinski definition) is 1. The average molecular weight is 295 g/mol. The fourth-order valence-electron chi connectivity index (χ4n) is 1.62. The molecule has 0 aliphatic rings. The van der Waals surface area contributed by atoms with Gasteiger partial charge in [-0.2, -0.15) is 13.2 Å². The second-order valence-electron chi connectivity index (χ2n) is 4.41. The molecule has 1 amide bonds. The van der Waals surface area contributed by atoms with E-state index in [1.807, 2.05) is 6.92 Å². The van der Waals surface area contributed by atoms with Crippen molar-refractivity contribution < 1.29 is 22.7 Å². The van der Waals surface area contributed by atoms with Gasteiger partial charge < -0.3 is 4.74 Å². The number of benzene rings is 2. The molecule has 0 radical (unpaired) electrons. The highest BCUT2D eigenvalue weighted by molar-refractivity contribution is 5.86. The summed E-state index contributed by atoms with van der Waals surface area (Å²) in [6.45, 7) is 1.89. The van der Waals surface area contributed by atoms with Crippen LogP contribution >= 0.6 is 0 Å². The third kappa shape index (κ3) is 4.24. The molecule has 2 aromatic rings. The van der Waals surface area contributed by atoms with Crippen LogP contribution in [0.5, 0.6) is 5.75 Å². The van der Waals surface area contributed by atoms with E-state index in [1.165, 1.54) is 12.1 Å². The van der Waals surface area contributed by atoms with Crippen LogP contribution in [0.1, 0.15) is 11.1 Å². The third-order valence-corrected chi connectivity index (χ3v) is 2.67. The van der Waals surface area contributed by atoms with Crippen molar-refractivity contribution in [2.75, 3.05) is 5.32 Å². The van der Waals surface area contributed by atoms with Gasteiger partial charge in [-0.15, -0.1) is 0 Å². The van der Waals surface area contributed by atoms with Crippen molar-refractivity contribution in [2.24, 2.45) is 0 Å². The van der Waals surface area contributed by atoms with Gasteiger partial charge >= 0.3 is 12.3 Å². The normalized spacial score (nSPS) is 11.0. The van der Waals surface area contributed by atoms with Crippen molar-refractivity contribution in [1.82, 2.24) is 0 Å². The largest absolute Gasteiger partial charge is 0.417 e. The van der Waals surface area contributed by atoms with Crippen LogP contribution in [0.4, 0.5) is 23.7 Å². The van der Waals surface area contributed by atoms with Gasteiger partial charge in [-0.05, 0) is 37.3 Å². The summed E-state index contributed by atoms with van der Waals surface area (Å²) >= 11 is 0. The highest BCUT2D eigenvalue weighted by Gasteiger charge is 2.30. The number of anilines is 1. The number of amides is 1. The minimum atomic E-state index is -4.48. The predicted octanol–water partition coefficient (Wildman–Crippen LogP) is 4.62. The molecule has 2 aromatic carbocycles. The topological polar surface area (TPSA) is 38.3 Å². The highest BCUT2D eigenvalue weighted by atomic mass is 19.4. The molecule has 110 valence electrons. The van der Waals surface area contributed by atoms with E-state index in [0.29, 0.717) is 5.69 Å². The Labute approximate surface area is 119 Å². The fourth-order valence-corrected chi connectivity index (χ4v) is 1.62. The number of halogens is 3. The van der Waals surface area contributed by atoms with Crippen molar-refractivity contribution in [3.8, 4) is 5.75 Å². The Morgan fingerprint density at radius 1 is 1.10 bits per heavy atom. The van der Waals surface area contributed by atoms with E-state index < -0.39 is 17.8 Å². The zero-order valence-corrected chi connectivity index (χ0v) is 11.1. The maximum Gasteiger partial charge on any atom is 0.417 e. The smallest absolute Gasteiger partial charge is 0.410 e. The summed E-state index contributed by atoms with van der Waals surface area (Å²) in [4.78, 5) is 11.6. The molecule has 0 atom stereocenters. The van der Waals surface area contributed by atoms with E-state index >= 15 is 0 Å². The Hall–Kier alpha value is -2.50. The lowest BCUT2D eigenvalue weighted by Crippen LogP contribution is -2.17. The first-order chi connectivity index (χ1) is 9.84. The average Bonchev–Trinajstić information content (AvgIpc) is 2.41. The van der Waals surface area contributed by atoms with Gasteiger partial charge in [-0.25, -0.2) is 4.79 Å². The Kier molecular flexibility index (Phi) is 4.16. The van der Waals surface area contributed by atoms with Crippen molar-refractivity contribution in [1.29, 1.82) is 0 Å². The molecular weight excluding hydrogens is 283 g/mol. The summed E-state index contributed by atoms with van der Waals surface area (Å²) in [5.41, 5.74) is 0.646. The van der Waals surface area contributed by atoms with Crippen molar-refractivity contribution in [3.63, 3.8) is 0 Å². The van der Waals surface area contributed by atoms with Gasteiger partial charge in [0.05, 0.1) is 5.56 Å². The first kappa shape index (κ1) is 14.9. The first-order valence-electron chi connectivity index (χ1n) is 6.07. The molecule has 0 heterocycles. The van der Waals surface area contributed by atoms with Crippen LogP contribution in [0.3, 0.4) is 0 Å². The monoisotopic (exact) mass is 295 g/mol. The molecule has 6 heteroatoms. The molecule has 0 bridgehead atoms. The van der Waals surface area contributed by atoms with E-state index in [-0.39, 0.29) is 5.75 Å². The number of ether oxygens (including phenoxy) is 1. The number of hydrogen-bond acceptors (Lipinski definition) is 2. The van der Waals surface area contributed by atoms with Crippen LogP contribution in [0, 0.1) is 6.92 Å². The van der Waals surface area contributed by atoms with Crippen LogP contribution in [0.15, 0.2) is 48.5 Å². The summed E-state index contributed by atoms with van der Waals surface area (Å²) in [7, 11) is 0. The molecule has 1 N–H and O–H groups in total. The fraction of sp³-hybridized carbons (Fsp3) is 0.133. The Morgan fingerprint density at radius 3 is 2.38 bits per heavy atom. The van der Waals surface area contributed by atoms with Gasteiger partial charge in [-0.3, -0.25) is 5.32 Å². The lowest BCUT2D eigenvalue weighted by molar-refractivity contribution is -0.137. The summed E-state index contributed by atoms with van der Waals surface area (Å²) in [5, 5.41) is 2.43. The van der Waals surface area contributed by atoms with E-state index in [0.717, 1.165) is 17.7 Å². The molecule has 0 saturated carbocycles.